The molecule has 0 amide bonds. The first-order valence-corrected chi connectivity index (χ1v) is 17.8. The van der Waals surface area contributed by atoms with Gasteiger partial charge in [0.1, 0.15) is 34.1 Å². The molecule has 13 heteroatoms. The van der Waals surface area contributed by atoms with Crippen molar-refractivity contribution in [3.8, 4) is 11.5 Å². The number of nitrogens with zero attached hydrogens (tertiary/aromatic N) is 1. The smallest absolute Gasteiger partial charge is 0.338 e. The Bertz CT molecular complexity index is 1820. The number of halogens is 3. The molecule has 7 rings (SSSR count). The van der Waals surface area contributed by atoms with Crippen molar-refractivity contribution in [3.63, 3.8) is 0 Å². The molecule has 0 saturated carbocycles. The molecule has 0 spiro atoms. The summed E-state index contributed by atoms with van der Waals surface area (Å²) in [6, 6.07) is 17.7. The topological polar surface area (TPSA) is 130 Å². The number of pyridine rings is 1. The molecule has 3 fully saturated rings. The van der Waals surface area contributed by atoms with Crippen molar-refractivity contribution in [2.45, 2.75) is 43.9 Å². The first kappa shape index (κ1) is 39.0. The van der Waals surface area contributed by atoms with Crippen molar-refractivity contribution in [2.24, 2.45) is 5.92 Å². The highest BCUT2D eigenvalue weighted by Gasteiger charge is 2.38. The fraction of sp³-hybridized carbons (Fsp3) is 0.359. The Morgan fingerprint density at radius 1 is 0.962 bits per heavy atom. The Hall–Kier alpha value is -4.26. The second-order valence-corrected chi connectivity index (χ2v) is 13.6. The number of ether oxygens (including phenoxy) is 4. The van der Waals surface area contributed by atoms with E-state index in [1.165, 1.54) is 13.2 Å². The molecule has 4 heterocycles. The molecule has 52 heavy (non-hydrogen) atoms. The lowest BCUT2D eigenvalue weighted by molar-refractivity contribution is -0.377. The number of benzene rings is 3. The van der Waals surface area contributed by atoms with E-state index in [0.717, 1.165) is 38.0 Å². The highest BCUT2D eigenvalue weighted by atomic mass is 35.5. The average Bonchev–Trinajstić information content (AvgIpc) is 3.15. The minimum Gasteiger partial charge on any atom is -0.870 e. The highest BCUT2D eigenvalue weighted by Crippen LogP contribution is 2.36. The maximum Gasteiger partial charge on any atom is 0.338 e. The summed E-state index contributed by atoms with van der Waals surface area (Å²) in [7, 11) is 3.08. The minimum absolute atomic E-state index is 0. The Kier molecular flexibility index (Phi) is 13.5. The number of aromatic nitrogens is 1. The van der Waals surface area contributed by atoms with Gasteiger partial charge in [-0.25, -0.2) is 19.0 Å². The molecule has 0 aliphatic carbocycles. The number of carbonyl (C=O) groups excluding carboxylic acids is 2. The molecule has 1 unspecified atom stereocenters. The largest absolute Gasteiger partial charge is 0.870 e. The first-order chi connectivity index (χ1) is 24.7. The quantitative estimate of drug-likeness (QED) is 0.145. The van der Waals surface area contributed by atoms with E-state index in [0.29, 0.717) is 57.1 Å². The summed E-state index contributed by atoms with van der Waals surface area (Å²) in [6.07, 6.45) is 5.03. The Balaban J connectivity index is 0.00000523. The van der Waals surface area contributed by atoms with Gasteiger partial charge in [-0.15, -0.1) is 0 Å². The summed E-state index contributed by atoms with van der Waals surface area (Å²) in [6.45, 7) is 3.14. The Morgan fingerprint density at radius 2 is 1.65 bits per heavy atom. The molecular weight excluding hydrogens is 712 g/mol. The number of rotatable bonds is 14. The van der Waals surface area contributed by atoms with Crippen LogP contribution in [0.25, 0.3) is 0 Å². The van der Waals surface area contributed by atoms with Gasteiger partial charge >= 0.3 is 11.9 Å². The summed E-state index contributed by atoms with van der Waals surface area (Å²) >= 11 is 12.9. The molecule has 1 aromatic heterocycles. The lowest BCUT2D eigenvalue weighted by Gasteiger charge is -2.44. The van der Waals surface area contributed by atoms with Crippen LogP contribution in [0.3, 0.4) is 0 Å². The van der Waals surface area contributed by atoms with Crippen LogP contribution in [0.1, 0.15) is 57.6 Å². The molecule has 3 aliphatic rings. The Morgan fingerprint density at radius 3 is 2.29 bits per heavy atom. The maximum absolute atomic E-state index is 14.9. The molecule has 10 nitrogen and oxygen atoms in total. The van der Waals surface area contributed by atoms with Crippen LogP contribution in [0, 0.1) is 11.7 Å². The number of esters is 2. The van der Waals surface area contributed by atoms with Gasteiger partial charge in [0, 0.05) is 30.6 Å². The van der Waals surface area contributed by atoms with Crippen LogP contribution in [0.15, 0.2) is 79.1 Å². The molecule has 3 saturated heterocycles. The van der Waals surface area contributed by atoms with Gasteiger partial charge in [0.2, 0.25) is 0 Å². The van der Waals surface area contributed by atoms with Crippen LogP contribution in [0.5, 0.6) is 11.5 Å². The number of aromatic amines is 1. The third-order valence-corrected chi connectivity index (χ3v) is 10.4. The molecule has 3 N–H and O–H groups in total. The zero-order valence-electron chi connectivity index (χ0n) is 28.9. The molecule has 3 aliphatic heterocycles. The van der Waals surface area contributed by atoms with Crippen LogP contribution in [0.2, 0.25) is 10.0 Å². The van der Waals surface area contributed by atoms with Gasteiger partial charge in [-0.2, -0.15) is 0 Å². The molecule has 3 aromatic carbocycles. The van der Waals surface area contributed by atoms with Gasteiger partial charge in [-0.05, 0) is 79.7 Å². The summed E-state index contributed by atoms with van der Waals surface area (Å²) in [5.74, 6) is -0.121. The predicted molar refractivity (Wildman–Crippen MR) is 193 cm³/mol. The fourth-order valence-electron chi connectivity index (χ4n) is 6.79. The normalized spacial score (nSPS) is 18.8. The maximum atomic E-state index is 14.9. The number of nitrogens with one attached hydrogen (secondary N) is 2. The van der Waals surface area contributed by atoms with Crippen LogP contribution in [-0.2, 0) is 27.1 Å². The monoisotopic (exact) mass is 753 g/mol. The van der Waals surface area contributed by atoms with E-state index < -0.39 is 29.9 Å². The lowest BCUT2D eigenvalue weighted by atomic mass is 9.86. The van der Waals surface area contributed by atoms with E-state index >= 15 is 0 Å². The molecule has 4 aromatic rings. The van der Waals surface area contributed by atoms with Crippen molar-refractivity contribution in [1.82, 2.24) is 10.2 Å². The molecule has 0 radical (unpaired) electrons. The zero-order valence-corrected chi connectivity index (χ0v) is 30.5. The molecule has 2 bridgehead atoms. The van der Waals surface area contributed by atoms with Crippen molar-refractivity contribution in [2.75, 3.05) is 40.4 Å². The number of fused-ring (bicyclic) bond motifs is 3. The highest BCUT2D eigenvalue weighted by molar-refractivity contribution is 6.35. The summed E-state index contributed by atoms with van der Waals surface area (Å²) in [5, 5.41) is 4.04. The zero-order chi connectivity index (χ0) is 35.9. The van der Waals surface area contributed by atoms with E-state index in [-0.39, 0.29) is 23.6 Å². The van der Waals surface area contributed by atoms with Gasteiger partial charge in [0.15, 0.2) is 23.9 Å². The number of hydrogen-bond acceptors (Lipinski definition) is 9. The number of carbonyl (C=O) groups is 2. The third kappa shape index (κ3) is 9.20. The van der Waals surface area contributed by atoms with Crippen molar-refractivity contribution < 1.29 is 43.4 Å². The number of hydrogen-bond donors (Lipinski definition) is 1. The van der Waals surface area contributed by atoms with Crippen LogP contribution >= 0.6 is 23.2 Å². The van der Waals surface area contributed by atoms with Gasteiger partial charge in [0.25, 0.3) is 0 Å². The van der Waals surface area contributed by atoms with Crippen LogP contribution in [0.4, 0.5) is 4.39 Å². The average molecular weight is 755 g/mol. The SMILES string of the molecule is COc1ccc([C@H](Cc2c(Cl)c[nH+]cc2Cl)OC(=O)c2ccc(CCNC(C(=O)O[C@H]3CN4CCC3CC4)c3ccccc3F)cc2)cc1OC.[OH-]. The van der Waals surface area contributed by atoms with Crippen LogP contribution in [-0.4, -0.2) is 68.8 Å². The van der Waals surface area contributed by atoms with Gasteiger partial charge < -0.3 is 29.7 Å². The van der Waals surface area contributed by atoms with Crippen molar-refractivity contribution >= 4 is 35.1 Å². The van der Waals surface area contributed by atoms with E-state index in [4.69, 9.17) is 42.1 Å². The van der Waals surface area contributed by atoms with Gasteiger partial charge in [0.05, 0.1) is 19.8 Å². The minimum atomic E-state index is -0.950. The second-order valence-electron chi connectivity index (χ2n) is 12.8. The molecule has 276 valence electrons. The number of piperidine rings is 3. The Labute approximate surface area is 312 Å². The first-order valence-electron chi connectivity index (χ1n) is 17.0. The van der Waals surface area contributed by atoms with E-state index in [1.54, 1.807) is 68.0 Å². The molecule has 3 atom stereocenters. The summed E-state index contributed by atoms with van der Waals surface area (Å²) in [5.41, 5.74) is 2.80. The second kappa shape index (κ2) is 18.0. The summed E-state index contributed by atoms with van der Waals surface area (Å²) in [4.78, 5) is 32.2. The van der Waals surface area contributed by atoms with E-state index in [2.05, 4.69) is 15.2 Å². The number of H-pyrrole nitrogens is 1. The standard InChI is InChI=1S/C39H40Cl2FN3O6.H2O/c1-48-33-12-11-27(19-35(33)49-2)34(20-29-30(40)21-43-22-31(29)41)50-38(46)26-9-7-24(8-10-26)13-16-44-37(28-5-3-4-6-32(28)42)39(47)51-36-23-45-17-14-25(36)15-18-45;/h3-12,19,21-22,25,34,36-37,44H,13-18,20,23H2,1-2H3;1H2/t34-,36-,37?;/m0./s1. The van der Waals surface area contributed by atoms with Crippen LogP contribution < -0.4 is 19.8 Å². The summed E-state index contributed by atoms with van der Waals surface area (Å²) < 4.78 is 37.8. The molecular formula is C39H42Cl2FN3O7. The predicted octanol–water partition coefficient (Wildman–Crippen LogP) is 6.44. The van der Waals surface area contributed by atoms with E-state index in [9.17, 15) is 14.0 Å². The van der Waals surface area contributed by atoms with Crippen molar-refractivity contribution in [3.05, 3.63) is 123 Å². The van der Waals surface area contributed by atoms with Gasteiger partial charge in [-0.3, -0.25) is 4.90 Å². The lowest BCUT2D eigenvalue weighted by Crippen LogP contribution is -2.52. The third-order valence-electron chi connectivity index (χ3n) is 9.68. The van der Waals surface area contributed by atoms with E-state index in [1.807, 2.05) is 12.1 Å². The van der Waals surface area contributed by atoms with Crippen molar-refractivity contribution in [1.29, 1.82) is 0 Å². The fourth-order valence-corrected chi connectivity index (χ4v) is 7.33. The van der Waals surface area contributed by atoms with Gasteiger partial charge in [-0.1, -0.05) is 59.6 Å². The number of methoxy groups -OCH3 is 2.